The highest BCUT2D eigenvalue weighted by Crippen LogP contribution is 2.39. The van der Waals surface area contributed by atoms with Gasteiger partial charge in [0.2, 0.25) is 0 Å². The molecule has 28 heavy (non-hydrogen) atoms. The molecule has 0 spiro atoms. The molecule has 1 saturated heterocycles. The summed E-state index contributed by atoms with van der Waals surface area (Å²) in [7, 11) is 0. The van der Waals surface area contributed by atoms with Crippen LogP contribution in [0.2, 0.25) is 0 Å². The molecule has 0 amide bonds. The summed E-state index contributed by atoms with van der Waals surface area (Å²) in [6.45, 7) is 3.98. The van der Waals surface area contributed by atoms with E-state index in [1.807, 2.05) is 19.9 Å². The number of rotatable bonds is 5. The molecule has 1 aliphatic heterocycles. The van der Waals surface area contributed by atoms with E-state index in [4.69, 9.17) is 0 Å². The Labute approximate surface area is 165 Å². The summed E-state index contributed by atoms with van der Waals surface area (Å²) in [4.78, 5) is 0.0570. The van der Waals surface area contributed by atoms with Crippen molar-refractivity contribution in [2.45, 2.75) is 70.0 Å². The van der Waals surface area contributed by atoms with E-state index in [1.54, 1.807) is 18.2 Å². The molecule has 1 fully saturated rings. The van der Waals surface area contributed by atoms with Crippen molar-refractivity contribution in [1.82, 2.24) is 5.32 Å². The van der Waals surface area contributed by atoms with Gasteiger partial charge in [-0.1, -0.05) is 26.0 Å². The summed E-state index contributed by atoms with van der Waals surface area (Å²) < 4.78 is 54.5. The van der Waals surface area contributed by atoms with E-state index in [1.165, 1.54) is 0 Å². The molecular formula is C20H23F4N3S. The smallest absolute Gasteiger partial charge is 0.378 e. The van der Waals surface area contributed by atoms with Crippen molar-refractivity contribution in [3.8, 4) is 6.07 Å². The molecule has 3 rings (SSSR count). The normalized spacial score (nSPS) is 25.6. The van der Waals surface area contributed by atoms with Gasteiger partial charge in [0, 0.05) is 12.1 Å². The topological polar surface area (TPSA) is 47.9 Å². The van der Waals surface area contributed by atoms with Crippen LogP contribution in [-0.4, -0.2) is 30.5 Å². The fourth-order valence-corrected chi connectivity index (χ4v) is 4.99. The molecule has 152 valence electrons. The number of fused-ring (bicyclic) bond motifs is 1. The molecule has 3 nitrogen and oxygen atoms in total. The second-order valence-electron chi connectivity index (χ2n) is 7.21. The Balaban J connectivity index is 1.96. The van der Waals surface area contributed by atoms with Gasteiger partial charge in [0.05, 0.1) is 22.8 Å². The predicted molar refractivity (Wildman–Crippen MR) is 105 cm³/mol. The minimum absolute atomic E-state index is 0.00127. The fourth-order valence-electron chi connectivity index (χ4n) is 3.90. The van der Waals surface area contributed by atoms with Gasteiger partial charge >= 0.3 is 6.18 Å². The van der Waals surface area contributed by atoms with Crippen molar-refractivity contribution in [3.63, 3.8) is 0 Å². The van der Waals surface area contributed by atoms with Crippen LogP contribution in [0.1, 0.15) is 43.6 Å². The van der Waals surface area contributed by atoms with Crippen LogP contribution < -0.4 is 10.6 Å². The van der Waals surface area contributed by atoms with Crippen molar-refractivity contribution in [3.05, 3.63) is 28.6 Å². The Bertz CT molecular complexity index is 871. The third-order valence-corrected chi connectivity index (χ3v) is 6.51. The zero-order valence-corrected chi connectivity index (χ0v) is 16.6. The van der Waals surface area contributed by atoms with Crippen LogP contribution in [0.5, 0.6) is 0 Å². The second-order valence-corrected chi connectivity index (χ2v) is 8.23. The van der Waals surface area contributed by atoms with Crippen molar-refractivity contribution in [1.29, 1.82) is 5.26 Å². The van der Waals surface area contributed by atoms with E-state index in [9.17, 15) is 22.8 Å². The highest BCUT2D eigenvalue weighted by atomic mass is 32.1. The van der Waals surface area contributed by atoms with Gasteiger partial charge in [0.25, 0.3) is 0 Å². The molecule has 0 saturated carbocycles. The highest BCUT2D eigenvalue weighted by Gasteiger charge is 2.37. The number of nitrogens with zero attached hydrogens (tertiary/aromatic N) is 1. The van der Waals surface area contributed by atoms with Crippen LogP contribution >= 0.6 is 11.3 Å². The average Bonchev–Trinajstić information content (AvgIpc) is 3.00. The summed E-state index contributed by atoms with van der Waals surface area (Å²) in [5, 5.41) is 16.3. The number of hydrogen-bond acceptors (Lipinski definition) is 4. The molecule has 2 aromatic rings. The average molecular weight is 413 g/mol. The molecular weight excluding hydrogens is 390 g/mol. The van der Waals surface area contributed by atoms with E-state index in [0.29, 0.717) is 28.6 Å². The number of piperidine rings is 1. The molecule has 4 unspecified atom stereocenters. The molecule has 0 radical (unpaired) electrons. The quantitative estimate of drug-likeness (QED) is 0.632. The van der Waals surface area contributed by atoms with Crippen LogP contribution in [0.3, 0.4) is 0 Å². The highest BCUT2D eigenvalue weighted by molar-refractivity contribution is 7.20. The number of nitrogens with one attached hydrogen (secondary N) is 2. The van der Waals surface area contributed by atoms with Gasteiger partial charge in [0.1, 0.15) is 17.1 Å². The van der Waals surface area contributed by atoms with Gasteiger partial charge in [-0.15, -0.1) is 11.3 Å². The molecule has 1 aromatic carbocycles. The third kappa shape index (κ3) is 4.26. The SMILES string of the molecule is CCC1CC(Nc2cccc3c(CC(F)(F)F)c(C#N)sc23)C(F)C(CC)N1. The van der Waals surface area contributed by atoms with Crippen LogP contribution in [0.25, 0.3) is 10.1 Å². The molecule has 1 aromatic heterocycles. The van der Waals surface area contributed by atoms with Gasteiger partial charge in [0.15, 0.2) is 0 Å². The maximum Gasteiger partial charge on any atom is 0.393 e. The zero-order valence-electron chi connectivity index (χ0n) is 15.7. The van der Waals surface area contributed by atoms with Crippen molar-refractivity contribution in [2.24, 2.45) is 0 Å². The molecule has 2 heterocycles. The maximum atomic E-state index is 15.0. The number of hydrogen-bond donors (Lipinski definition) is 2. The maximum absolute atomic E-state index is 15.0. The van der Waals surface area contributed by atoms with Gasteiger partial charge < -0.3 is 10.6 Å². The van der Waals surface area contributed by atoms with Gasteiger partial charge in [-0.25, -0.2) is 4.39 Å². The molecule has 0 aliphatic carbocycles. The molecule has 1 aliphatic rings. The summed E-state index contributed by atoms with van der Waals surface area (Å²) in [6.07, 6.45) is -4.52. The largest absolute Gasteiger partial charge is 0.393 e. The Kier molecular flexibility index (Phi) is 6.15. The Hall–Kier alpha value is -1.85. The fraction of sp³-hybridized carbons (Fsp3) is 0.550. The molecule has 4 atom stereocenters. The number of thiophene rings is 1. The van der Waals surface area contributed by atoms with E-state index in [-0.39, 0.29) is 22.5 Å². The Morgan fingerprint density at radius 1 is 1.29 bits per heavy atom. The number of alkyl halides is 4. The van der Waals surface area contributed by atoms with E-state index in [0.717, 1.165) is 17.8 Å². The van der Waals surface area contributed by atoms with Crippen molar-refractivity contribution >= 4 is 27.1 Å². The first-order valence-electron chi connectivity index (χ1n) is 9.45. The van der Waals surface area contributed by atoms with Crippen molar-refractivity contribution < 1.29 is 17.6 Å². The lowest BCUT2D eigenvalue weighted by molar-refractivity contribution is -0.126. The first-order valence-corrected chi connectivity index (χ1v) is 10.3. The Morgan fingerprint density at radius 3 is 2.64 bits per heavy atom. The lowest BCUT2D eigenvalue weighted by Gasteiger charge is -2.39. The van der Waals surface area contributed by atoms with E-state index >= 15 is 0 Å². The van der Waals surface area contributed by atoms with Crippen molar-refractivity contribution in [2.75, 3.05) is 5.32 Å². The van der Waals surface area contributed by atoms with Crippen LogP contribution in [0, 0.1) is 11.3 Å². The van der Waals surface area contributed by atoms with Gasteiger partial charge in [-0.2, -0.15) is 18.4 Å². The first-order chi connectivity index (χ1) is 13.3. The minimum atomic E-state index is -4.40. The number of benzene rings is 1. The van der Waals surface area contributed by atoms with Crippen LogP contribution in [0.4, 0.5) is 23.2 Å². The first kappa shape index (κ1) is 20.9. The number of anilines is 1. The third-order valence-electron chi connectivity index (χ3n) is 5.33. The number of halogens is 4. The Morgan fingerprint density at radius 2 is 2.04 bits per heavy atom. The predicted octanol–water partition coefficient (Wildman–Crippen LogP) is 5.55. The van der Waals surface area contributed by atoms with Gasteiger partial charge in [-0.3, -0.25) is 0 Å². The number of nitriles is 1. The standard InChI is InChI=1S/C20H23F4N3S/c1-3-11-8-16(18(21)14(4-2)26-11)27-15-7-5-6-12-13(9-20(22,23)24)17(10-25)28-19(12)15/h5-7,11,14,16,18,26-27H,3-4,8-9H2,1-2H3. The lowest BCUT2D eigenvalue weighted by atomic mass is 9.89. The summed E-state index contributed by atoms with van der Waals surface area (Å²) in [5.74, 6) is 0. The monoisotopic (exact) mass is 413 g/mol. The lowest BCUT2D eigenvalue weighted by Crippen LogP contribution is -2.57. The van der Waals surface area contributed by atoms with Gasteiger partial charge in [-0.05, 0) is 36.3 Å². The summed E-state index contributed by atoms with van der Waals surface area (Å²) in [6, 6.07) is 6.38. The van der Waals surface area contributed by atoms with Crippen LogP contribution in [0.15, 0.2) is 18.2 Å². The van der Waals surface area contributed by atoms with E-state index in [2.05, 4.69) is 10.6 Å². The van der Waals surface area contributed by atoms with E-state index < -0.39 is 24.8 Å². The summed E-state index contributed by atoms with van der Waals surface area (Å²) in [5.41, 5.74) is 0.588. The summed E-state index contributed by atoms with van der Waals surface area (Å²) >= 11 is 1.03. The molecule has 2 N–H and O–H groups in total. The molecule has 8 heteroatoms. The minimum Gasteiger partial charge on any atom is -0.378 e. The molecule has 0 bridgehead atoms. The van der Waals surface area contributed by atoms with Crippen LogP contribution in [-0.2, 0) is 6.42 Å². The second kappa shape index (κ2) is 8.26. The zero-order chi connectivity index (χ0) is 20.5.